The number of rotatable bonds is 16. The lowest BCUT2D eigenvalue weighted by molar-refractivity contribution is -0.806. The van der Waals surface area contributed by atoms with Gasteiger partial charge in [-0.25, -0.2) is 0 Å². The van der Waals surface area contributed by atoms with Crippen molar-refractivity contribution in [1.82, 2.24) is 9.80 Å². The predicted octanol–water partition coefficient (Wildman–Crippen LogP) is -1.70. The lowest BCUT2D eigenvalue weighted by atomic mass is 10.1. The van der Waals surface area contributed by atoms with Gasteiger partial charge in [-0.2, -0.15) is 0 Å². The molecule has 1 saturated heterocycles. The molecule has 0 radical (unpaired) electrons. The van der Waals surface area contributed by atoms with Crippen LogP contribution in [-0.4, -0.2) is 103 Å². The Morgan fingerprint density at radius 3 is 1.03 bits per heavy atom. The molecule has 0 N–H and O–H groups in total. The van der Waals surface area contributed by atoms with Gasteiger partial charge in [-0.05, 0) is 0 Å². The van der Waals surface area contributed by atoms with Crippen molar-refractivity contribution < 1.29 is 39.5 Å². The van der Waals surface area contributed by atoms with Crippen LogP contribution in [0.5, 0.6) is 0 Å². The number of piperazine rings is 1. The fraction of sp³-hybridized carbons (Fsp3) is 1.00. The van der Waals surface area contributed by atoms with Gasteiger partial charge in [0.15, 0.2) is 0 Å². The van der Waals surface area contributed by atoms with Gasteiger partial charge in [-0.1, -0.05) is 0 Å². The van der Waals surface area contributed by atoms with Crippen molar-refractivity contribution >= 4 is 0 Å². The van der Waals surface area contributed by atoms with Crippen LogP contribution in [0.2, 0.25) is 0 Å². The van der Waals surface area contributed by atoms with Gasteiger partial charge in [0.2, 0.25) is 0 Å². The third-order valence-corrected chi connectivity index (χ3v) is 5.18. The molecule has 0 unspecified atom stereocenters. The van der Waals surface area contributed by atoms with E-state index in [1.165, 1.54) is 9.80 Å². The minimum Gasteiger partial charge on any atom is -0.313 e. The van der Waals surface area contributed by atoms with E-state index in [1.54, 1.807) is 0 Å². The minimum atomic E-state index is -2.83. The van der Waals surface area contributed by atoms with E-state index in [0.29, 0.717) is 0 Å². The second-order valence-corrected chi connectivity index (χ2v) is 7.16. The lowest BCUT2D eigenvalue weighted by Gasteiger charge is -2.36. The predicted molar refractivity (Wildman–Crippen MR) is 101 cm³/mol. The fourth-order valence-corrected chi connectivity index (χ4v) is 3.28. The van der Waals surface area contributed by atoms with Crippen LogP contribution in [0.3, 0.4) is 0 Å². The molecular formula is C12H20N8O14. The summed E-state index contributed by atoms with van der Waals surface area (Å²) in [5, 5.41) is 63.8. The molecule has 1 rings (SSSR count). The number of nitrogens with zero attached hydrogens (tertiary/aromatic N) is 8. The summed E-state index contributed by atoms with van der Waals surface area (Å²) in [4.78, 5) is 72.0. The third-order valence-electron chi connectivity index (χ3n) is 5.18. The van der Waals surface area contributed by atoms with Crippen LogP contribution in [-0.2, 0) is 9.68 Å². The molecule has 22 heteroatoms. The molecule has 34 heavy (non-hydrogen) atoms. The van der Waals surface area contributed by atoms with E-state index in [9.17, 15) is 60.7 Å². The zero-order valence-corrected chi connectivity index (χ0v) is 17.4. The van der Waals surface area contributed by atoms with Crippen molar-refractivity contribution in [2.24, 2.45) is 0 Å². The van der Waals surface area contributed by atoms with E-state index in [4.69, 9.17) is 0 Å². The molecular weight excluding hydrogens is 480 g/mol. The van der Waals surface area contributed by atoms with Gasteiger partial charge in [0.1, 0.15) is 39.1 Å². The van der Waals surface area contributed by atoms with Gasteiger partial charge in [0.05, 0.1) is 19.7 Å². The Hall–Kier alpha value is -4.08. The van der Waals surface area contributed by atoms with Crippen molar-refractivity contribution in [3.05, 3.63) is 60.7 Å². The number of hydrogen-bond acceptors (Lipinski definition) is 16. The molecule has 0 spiro atoms. The first-order valence-electron chi connectivity index (χ1n) is 9.34. The summed E-state index contributed by atoms with van der Waals surface area (Å²) in [6.45, 7) is -3.81. The van der Waals surface area contributed by atoms with Crippen LogP contribution in [0.4, 0.5) is 0 Å². The molecule has 0 aromatic carbocycles. The molecule has 0 saturated carbocycles. The van der Waals surface area contributed by atoms with Gasteiger partial charge in [0, 0.05) is 26.2 Å². The van der Waals surface area contributed by atoms with Crippen molar-refractivity contribution in [3.8, 4) is 0 Å². The van der Waals surface area contributed by atoms with Crippen molar-refractivity contribution in [3.63, 3.8) is 0 Å². The Kier molecular flexibility index (Phi) is 9.61. The zero-order valence-electron chi connectivity index (χ0n) is 17.4. The molecule has 0 bridgehead atoms. The van der Waals surface area contributed by atoms with E-state index in [-0.39, 0.29) is 26.2 Å². The molecule has 1 heterocycles. The highest BCUT2D eigenvalue weighted by atomic mass is 17.0. The zero-order chi connectivity index (χ0) is 26.1. The largest absolute Gasteiger partial charge is 0.472 e. The van der Waals surface area contributed by atoms with Crippen molar-refractivity contribution in [1.29, 1.82) is 0 Å². The Bertz CT molecular complexity index is 721. The molecule has 192 valence electrons. The Morgan fingerprint density at radius 2 is 0.824 bits per heavy atom. The number of nitro groups is 4. The summed E-state index contributed by atoms with van der Waals surface area (Å²) in [7, 11) is 0. The highest BCUT2D eigenvalue weighted by Crippen LogP contribution is 2.22. The normalized spacial score (nSPS) is 15.3. The van der Waals surface area contributed by atoms with Crippen molar-refractivity contribution in [2.45, 2.75) is 24.2 Å². The maximum atomic E-state index is 11.5. The second kappa shape index (κ2) is 11.7. The molecule has 22 nitrogen and oxygen atoms in total. The van der Waals surface area contributed by atoms with Gasteiger partial charge in [-0.3, -0.25) is 50.3 Å². The first kappa shape index (κ1) is 28.0. The average molecular weight is 500 g/mol. The summed E-state index contributed by atoms with van der Waals surface area (Å²) in [6.07, 6.45) is -1.84. The van der Waals surface area contributed by atoms with Crippen LogP contribution >= 0.6 is 0 Å². The summed E-state index contributed by atoms with van der Waals surface area (Å²) in [5.74, 6) is 0. The fourth-order valence-electron chi connectivity index (χ4n) is 3.28. The van der Waals surface area contributed by atoms with Crippen molar-refractivity contribution in [2.75, 3.05) is 52.5 Å². The van der Waals surface area contributed by atoms with Gasteiger partial charge in [-0.15, -0.1) is 20.2 Å². The summed E-state index contributed by atoms with van der Waals surface area (Å²) in [5.41, 5.74) is -5.66. The maximum Gasteiger partial charge on any atom is 0.472 e. The van der Waals surface area contributed by atoms with Gasteiger partial charge in [0.25, 0.3) is 10.2 Å². The quantitative estimate of drug-likeness (QED) is 0.129. The monoisotopic (exact) mass is 500 g/mol. The smallest absolute Gasteiger partial charge is 0.313 e. The Morgan fingerprint density at radius 1 is 0.559 bits per heavy atom. The van der Waals surface area contributed by atoms with Crippen LogP contribution < -0.4 is 0 Å². The maximum absolute atomic E-state index is 11.5. The first-order valence-corrected chi connectivity index (χ1v) is 9.34. The molecule has 0 aromatic rings. The summed E-state index contributed by atoms with van der Waals surface area (Å²) in [6, 6.07) is 0. The van der Waals surface area contributed by atoms with Gasteiger partial charge < -0.3 is 9.68 Å². The van der Waals surface area contributed by atoms with E-state index < -0.39 is 80.3 Å². The van der Waals surface area contributed by atoms with E-state index in [2.05, 4.69) is 9.68 Å². The molecule has 0 atom stereocenters. The highest BCUT2D eigenvalue weighted by molar-refractivity contribution is 4.82. The standard InChI is InChI=1S/C12H20N8O14/c21-15(22)11(16(23)24,1-7-33-19(29)30)9-13-3-5-14(6-4-13)10-12(17(25)26,18(27)28)2-8-34-20(31)32/h1-10H2. The topological polar surface area (TPSA) is 284 Å². The van der Waals surface area contributed by atoms with Crippen LogP contribution in [0.15, 0.2) is 0 Å². The number of hydrogen-bond donors (Lipinski definition) is 0. The molecule has 1 aliphatic heterocycles. The molecule has 0 aromatic heterocycles. The molecule has 1 fully saturated rings. The SMILES string of the molecule is O=[N+]([O-])OCCC(CN1CCN(CC(CCO[N+](=O)[O-])([N+](=O)[O-])[N+](=O)[O-])CC1)([N+](=O)[O-])[N+](=O)[O-]. The molecule has 0 aliphatic carbocycles. The molecule has 0 amide bonds. The third kappa shape index (κ3) is 6.96. The first-order chi connectivity index (χ1) is 15.8. The van der Waals surface area contributed by atoms with E-state index >= 15 is 0 Å². The molecule has 1 aliphatic rings. The summed E-state index contributed by atoms with van der Waals surface area (Å²) >= 11 is 0. The van der Waals surface area contributed by atoms with Crippen LogP contribution in [0.25, 0.3) is 0 Å². The van der Waals surface area contributed by atoms with Crippen LogP contribution in [0, 0.1) is 60.7 Å². The Labute approximate surface area is 187 Å². The average Bonchev–Trinajstić information content (AvgIpc) is 2.72. The lowest BCUT2D eigenvalue weighted by Crippen LogP contribution is -2.61. The second-order valence-electron chi connectivity index (χ2n) is 7.16. The Balaban J connectivity index is 2.88. The van der Waals surface area contributed by atoms with Crippen LogP contribution in [0.1, 0.15) is 12.8 Å². The van der Waals surface area contributed by atoms with E-state index in [0.717, 1.165) is 0 Å². The minimum absolute atomic E-state index is 0.115. The van der Waals surface area contributed by atoms with Gasteiger partial charge >= 0.3 is 11.3 Å². The van der Waals surface area contributed by atoms with E-state index in [1.807, 2.05) is 0 Å². The highest BCUT2D eigenvalue weighted by Gasteiger charge is 2.59. The summed E-state index contributed by atoms with van der Waals surface area (Å²) < 4.78 is 0.